The molecule has 1 aliphatic carbocycles. The molecule has 0 spiro atoms. The number of carbonyl (C=O) groups excluding carboxylic acids is 1. The second-order valence-electron chi connectivity index (χ2n) is 5.80. The maximum atomic E-state index is 13.5. The van der Waals surface area contributed by atoms with Crippen molar-refractivity contribution in [2.24, 2.45) is 11.8 Å². The molecule has 0 aliphatic heterocycles. The summed E-state index contributed by atoms with van der Waals surface area (Å²) in [6.07, 6.45) is -2.18. The normalized spacial score (nSPS) is 22.0. The molecular weight excluding hydrogens is 341 g/mol. The van der Waals surface area contributed by atoms with Gasteiger partial charge in [-0.15, -0.1) is 0 Å². The van der Waals surface area contributed by atoms with Crippen molar-refractivity contribution in [1.29, 1.82) is 0 Å². The number of allylic oxidation sites excluding steroid dienone is 1. The van der Waals surface area contributed by atoms with Crippen LogP contribution in [0, 0.1) is 5.92 Å². The molecule has 1 rings (SSSR count). The smallest absolute Gasteiger partial charge is 0.433 e. The maximum absolute atomic E-state index is 13.5. The minimum atomic E-state index is -4.97. The summed E-state index contributed by atoms with van der Waals surface area (Å²) in [5.74, 6) is 3.00. The van der Waals surface area contributed by atoms with Crippen molar-refractivity contribution in [2.45, 2.75) is 51.2 Å². The van der Waals surface area contributed by atoms with E-state index in [9.17, 15) is 22.8 Å². The summed E-state index contributed by atoms with van der Waals surface area (Å²) in [6, 6.07) is -0.816. The zero-order valence-corrected chi connectivity index (χ0v) is 14.0. The summed E-state index contributed by atoms with van der Waals surface area (Å²) < 4.78 is 45.2. The Morgan fingerprint density at radius 3 is 2.44 bits per heavy atom. The van der Waals surface area contributed by atoms with Crippen LogP contribution in [0.1, 0.15) is 39.0 Å². The minimum Gasteiger partial charge on any atom is -0.478 e. The monoisotopic (exact) mass is 364 g/mol. The van der Waals surface area contributed by atoms with Crippen LogP contribution in [0.2, 0.25) is 0 Å². The molecule has 1 fully saturated rings. The lowest BCUT2D eigenvalue weighted by Gasteiger charge is -2.40. The van der Waals surface area contributed by atoms with Gasteiger partial charge in [0.15, 0.2) is 0 Å². The molecule has 6 nitrogen and oxygen atoms in total. The number of alkyl halides is 3. The molecule has 9 heteroatoms. The Kier molecular flexibility index (Phi) is 7.47. The number of halogens is 3. The van der Waals surface area contributed by atoms with E-state index in [1.807, 2.05) is 0 Å². The van der Waals surface area contributed by atoms with Gasteiger partial charge in [-0.25, -0.2) is 10.6 Å². The molecule has 0 amide bonds. The Labute approximate surface area is 144 Å². The van der Waals surface area contributed by atoms with Gasteiger partial charge in [0.2, 0.25) is 0 Å². The Morgan fingerprint density at radius 2 is 1.96 bits per heavy atom. The number of carboxylic acids is 1. The fraction of sp³-hybridized carbons (Fsp3) is 0.625. The lowest BCUT2D eigenvalue weighted by atomic mass is 9.81. The van der Waals surface area contributed by atoms with E-state index in [0.29, 0.717) is 30.3 Å². The van der Waals surface area contributed by atoms with Crippen molar-refractivity contribution in [2.75, 3.05) is 6.61 Å². The Bertz CT molecular complexity index is 546. The molecule has 1 saturated carbocycles. The minimum absolute atomic E-state index is 0.0617. The van der Waals surface area contributed by atoms with E-state index < -0.39 is 41.3 Å². The highest BCUT2D eigenvalue weighted by Gasteiger charge is 2.44. The molecule has 0 aromatic heterocycles. The van der Waals surface area contributed by atoms with Gasteiger partial charge in [0.1, 0.15) is 5.70 Å². The van der Waals surface area contributed by atoms with E-state index >= 15 is 0 Å². The molecule has 0 unspecified atom stereocenters. The highest BCUT2D eigenvalue weighted by Crippen LogP contribution is 2.37. The van der Waals surface area contributed by atoms with E-state index in [4.69, 9.17) is 15.7 Å². The van der Waals surface area contributed by atoms with Crippen LogP contribution in [-0.2, 0) is 14.3 Å². The molecule has 25 heavy (non-hydrogen) atoms. The van der Waals surface area contributed by atoms with E-state index in [1.54, 1.807) is 6.92 Å². The molecule has 0 aromatic rings. The van der Waals surface area contributed by atoms with Crippen LogP contribution in [0.25, 0.3) is 0 Å². The first-order chi connectivity index (χ1) is 11.6. The zero-order chi connectivity index (χ0) is 19.2. The average Bonchev–Trinajstić information content (AvgIpc) is 2.51. The van der Waals surface area contributed by atoms with Crippen molar-refractivity contribution < 1.29 is 32.6 Å². The Morgan fingerprint density at radius 1 is 1.36 bits per heavy atom. The Hall–Kier alpha value is -2.03. The lowest BCUT2D eigenvalue weighted by molar-refractivity contribution is -0.146. The molecule has 142 valence electrons. The van der Waals surface area contributed by atoms with E-state index in [-0.39, 0.29) is 13.0 Å². The second-order valence-corrected chi connectivity index (χ2v) is 5.80. The summed E-state index contributed by atoms with van der Waals surface area (Å²) in [4.78, 5) is 22.9. The Balaban J connectivity index is 3.20. The van der Waals surface area contributed by atoms with E-state index in [0.717, 1.165) is 6.42 Å². The van der Waals surface area contributed by atoms with Crippen molar-refractivity contribution in [3.63, 3.8) is 0 Å². The highest BCUT2D eigenvalue weighted by atomic mass is 19.4. The number of carbonyl (C=O) groups is 2. The van der Waals surface area contributed by atoms with Crippen molar-refractivity contribution in [1.82, 2.24) is 5.01 Å². The van der Waals surface area contributed by atoms with Crippen LogP contribution < -0.4 is 5.84 Å². The molecule has 3 N–H and O–H groups in total. The topological polar surface area (TPSA) is 92.9 Å². The predicted octanol–water partition coefficient (Wildman–Crippen LogP) is 2.76. The van der Waals surface area contributed by atoms with Crippen molar-refractivity contribution >= 4 is 11.9 Å². The third kappa shape index (κ3) is 5.48. The number of carboxylic acid groups (broad SMARTS) is 1. The second kappa shape index (κ2) is 8.89. The molecule has 2 atom stereocenters. The molecule has 1 aliphatic rings. The van der Waals surface area contributed by atoms with Gasteiger partial charge in [-0.3, -0.25) is 4.79 Å². The van der Waals surface area contributed by atoms with Crippen LogP contribution in [-0.4, -0.2) is 40.9 Å². The fourth-order valence-corrected chi connectivity index (χ4v) is 3.12. The molecular formula is C16H23F3N2O4. The number of hydrogen-bond acceptors (Lipinski definition) is 5. The van der Waals surface area contributed by atoms with E-state index in [2.05, 4.69) is 6.58 Å². The summed E-state index contributed by atoms with van der Waals surface area (Å²) in [5.41, 5.74) is -2.48. The molecule has 0 aromatic carbocycles. The first-order valence-corrected chi connectivity index (χ1v) is 8.00. The number of esters is 1. The summed E-state index contributed by atoms with van der Waals surface area (Å²) in [5, 5.41) is 9.50. The van der Waals surface area contributed by atoms with Gasteiger partial charge >= 0.3 is 18.1 Å². The third-order valence-electron chi connectivity index (χ3n) is 4.18. The molecule has 0 bridgehead atoms. The van der Waals surface area contributed by atoms with Crippen LogP contribution in [0.15, 0.2) is 23.9 Å². The van der Waals surface area contributed by atoms with Crippen molar-refractivity contribution in [3.05, 3.63) is 23.9 Å². The molecule has 0 heterocycles. The van der Waals surface area contributed by atoms with Gasteiger partial charge in [0.25, 0.3) is 0 Å². The van der Waals surface area contributed by atoms with Gasteiger partial charge < -0.3 is 14.9 Å². The lowest BCUT2D eigenvalue weighted by Crippen LogP contribution is -2.50. The zero-order valence-electron chi connectivity index (χ0n) is 14.0. The van der Waals surface area contributed by atoms with Crippen LogP contribution in [0.4, 0.5) is 13.2 Å². The number of nitrogens with two attached hydrogens (primary N) is 1. The van der Waals surface area contributed by atoms with Gasteiger partial charge in [-0.1, -0.05) is 25.5 Å². The number of rotatable bonds is 7. The van der Waals surface area contributed by atoms with Gasteiger partial charge in [-0.05, 0) is 25.7 Å². The highest BCUT2D eigenvalue weighted by molar-refractivity contribution is 5.90. The number of nitrogens with zero attached hydrogens (tertiary/aromatic N) is 1. The first-order valence-electron chi connectivity index (χ1n) is 8.00. The SMILES string of the molecule is C=C/C(C(=O)O)=C(\N(N)[C@@H]1CCCC[C@H]1CC(=O)OCC)C(F)(F)F. The first kappa shape index (κ1) is 21.0. The largest absolute Gasteiger partial charge is 0.478 e. The number of aliphatic carboxylic acids is 1. The fourth-order valence-electron chi connectivity index (χ4n) is 3.12. The average molecular weight is 364 g/mol. The number of hydrazine groups is 1. The number of ether oxygens (including phenoxy) is 1. The molecule has 0 radical (unpaired) electrons. The van der Waals surface area contributed by atoms with Crippen molar-refractivity contribution in [3.8, 4) is 0 Å². The van der Waals surface area contributed by atoms with Crippen LogP contribution in [0.3, 0.4) is 0 Å². The summed E-state index contributed by atoms with van der Waals surface area (Å²) in [6.45, 7) is 4.96. The van der Waals surface area contributed by atoms with Gasteiger partial charge in [-0.2, -0.15) is 13.2 Å². The standard InChI is InChI=1S/C16H23F3N2O4/c1-3-11(15(23)24)14(16(17,18)19)21(20)12-8-6-5-7-10(12)9-13(22)25-4-2/h3,10,12H,1,4-9,20H2,2H3,(H,23,24)/b14-11+/t10-,12+/m0/s1. The number of hydrogen-bond donors (Lipinski definition) is 2. The van der Waals surface area contributed by atoms with Gasteiger partial charge in [0.05, 0.1) is 18.6 Å². The van der Waals surface area contributed by atoms with Crippen LogP contribution >= 0.6 is 0 Å². The summed E-state index contributed by atoms with van der Waals surface area (Å²) >= 11 is 0. The quantitative estimate of drug-likeness (QED) is 0.237. The van der Waals surface area contributed by atoms with E-state index in [1.165, 1.54) is 0 Å². The predicted molar refractivity (Wildman–Crippen MR) is 83.9 cm³/mol. The third-order valence-corrected chi connectivity index (χ3v) is 4.18. The van der Waals surface area contributed by atoms with Crippen LogP contribution in [0.5, 0.6) is 0 Å². The molecule has 0 saturated heterocycles. The maximum Gasteiger partial charge on any atom is 0.433 e. The van der Waals surface area contributed by atoms with Gasteiger partial charge in [0, 0.05) is 6.04 Å². The summed E-state index contributed by atoms with van der Waals surface area (Å²) in [7, 11) is 0.